The summed E-state index contributed by atoms with van der Waals surface area (Å²) in [4.78, 5) is 4.97. The minimum Gasteiger partial charge on any atom is -0.493 e. The van der Waals surface area contributed by atoms with Gasteiger partial charge in [-0.3, -0.25) is 0 Å². The van der Waals surface area contributed by atoms with Gasteiger partial charge >= 0.3 is 0 Å². The van der Waals surface area contributed by atoms with Crippen molar-refractivity contribution >= 4 is 0 Å². The van der Waals surface area contributed by atoms with Crippen LogP contribution >= 0.6 is 0 Å². The molecule has 3 heteroatoms. The standard InChI is InChI=1S/C20H32N2O/c1-5-8-19-16-17(2)15-18(3)20(19)23-14-7-6-9-22-12-10-21(4)11-13-22/h5,15-16H,1,6-14H2,2-4H3. The number of likely N-dealkylation sites (N-methyl/N-ethyl adjacent to an activating group) is 1. The number of benzene rings is 1. The van der Waals surface area contributed by atoms with Gasteiger partial charge in [0.2, 0.25) is 0 Å². The molecule has 0 aliphatic carbocycles. The normalized spacial score (nSPS) is 16.5. The monoisotopic (exact) mass is 316 g/mol. The zero-order valence-electron chi connectivity index (χ0n) is 15.1. The number of allylic oxidation sites excluding steroid dienone is 1. The van der Waals surface area contributed by atoms with Gasteiger partial charge in [-0.05, 0) is 57.8 Å². The predicted octanol–water partition coefficient (Wildman–Crippen LogP) is 3.44. The van der Waals surface area contributed by atoms with E-state index in [0.717, 1.165) is 25.2 Å². The minimum atomic E-state index is 0.807. The fourth-order valence-corrected chi connectivity index (χ4v) is 3.24. The van der Waals surface area contributed by atoms with Crippen molar-refractivity contribution in [3.8, 4) is 5.75 Å². The maximum absolute atomic E-state index is 6.11. The number of hydrogen-bond acceptors (Lipinski definition) is 3. The van der Waals surface area contributed by atoms with E-state index in [2.05, 4.69) is 49.4 Å². The Balaban J connectivity index is 1.74. The molecule has 0 amide bonds. The molecule has 1 aromatic rings. The Morgan fingerprint density at radius 2 is 1.87 bits per heavy atom. The summed E-state index contributed by atoms with van der Waals surface area (Å²) in [5.74, 6) is 1.06. The molecule has 1 heterocycles. The molecule has 3 nitrogen and oxygen atoms in total. The Kier molecular flexibility index (Phi) is 7.13. The zero-order valence-corrected chi connectivity index (χ0v) is 15.1. The quantitative estimate of drug-likeness (QED) is 0.540. The third-order valence-corrected chi connectivity index (χ3v) is 4.57. The summed E-state index contributed by atoms with van der Waals surface area (Å²) >= 11 is 0. The summed E-state index contributed by atoms with van der Waals surface area (Å²) < 4.78 is 6.11. The molecule has 128 valence electrons. The van der Waals surface area contributed by atoms with Gasteiger partial charge in [-0.25, -0.2) is 0 Å². The first kappa shape index (κ1) is 18.0. The van der Waals surface area contributed by atoms with Crippen LogP contribution in [0.2, 0.25) is 0 Å². The molecule has 1 saturated heterocycles. The lowest BCUT2D eigenvalue weighted by molar-refractivity contribution is 0.149. The van der Waals surface area contributed by atoms with E-state index in [0.29, 0.717) is 0 Å². The average molecular weight is 316 g/mol. The number of hydrogen-bond donors (Lipinski definition) is 0. The number of rotatable bonds is 8. The second kappa shape index (κ2) is 9.09. The highest BCUT2D eigenvalue weighted by molar-refractivity contribution is 5.44. The molecule has 1 aliphatic heterocycles. The Bertz CT molecular complexity index is 505. The van der Waals surface area contributed by atoms with Crippen LogP contribution in [0.4, 0.5) is 0 Å². The lowest BCUT2D eigenvalue weighted by Crippen LogP contribution is -2.44. The van der Waals surface area contributed by atoms with Crippen molar-refractivity contribution in [3.63, 3.8) is 0 Å². The van der Waals surface area contributed by atoms with Crippen molar-refractivity contribution in [2.24, 2.45) is 0 Å². The van der Waals surface area contributed by atoms with Crippen LogP contribution in [0.25, 0.3) is 0 Å². The molecule has 0 N–H and O–H groups in total. The highest BCUT2D eigenvalue weighted by Gasteiger charge is 2.13. The van der Waals surface area contributed by atoms with Crippen molar-refractivity contribution in [2.75, 3.05) is 46.4 Å². The van der Waals surface area contributed by atoms with Crippen molar-refractivity contribution in [3.05, 3.63) is 41.5 Å². The van der Waals surface area contributed by atoms with E-state index in [-0.39, 0.29) is 0 Å². The van der Waals surface area contributed by atoms with E-state index in [9.17, 15) is 0 Å². The van der Waals surface area contributed by atoms with Crippen LogP contribution in [0.5, 0.6) is 5.75 Å². The maximum Gasteiger partial charge on any atom is 0.125 e. The summed E-state index contributed by atoms with van der Waals surface area (Å²) in [6.45, 7) is 14.9. The highest BCUT2D eigenvalue weighted by atomic mass is 16.5. The molecule has 1 aliphatic rings. The third-order valence-electron chi connectivity index (χ3n) is 4.57. The molecule has 1 fully saturated rings. The van der Waals surface area contributed by atoms with Gasteiger partial charge in [-0.1, -0.05) is 23.8 Å². The number of piperazine rings is 1. The molecular formula is C20H32N2O. The molecule has 1 aromatic carbocycles. The Labute approximate surface area is 141 Å². The average Bonchev–Trinajstić information content (AvgIpc) is 2.51. The first-order valence-electron chi connectivity index (χ1n) is 8.85. The van der Waals surface area contributed by atoms with Crippen LogP contribution in [-0.4, -0.2) is 56.2 Å². The van der Waals surface area contributed by atoms with Gasteiger partial charge in [0, 0.05) is 26.2 Å². The summed E-state index contributed by atoms with van der Waals surface area (Å²) in [6, 6.07) is 4.42. The van der Waals surface area contributed by atoms with Crippen molar-refractivity contribution < 1.29 is 4.74 Å². The fraction of sp³-hybridized carbons (Fsp3) is 0.600. The Hall–Kier alpha value is -1.32. The van der Waals surface area contributed by atoms with Crippen LogP contribution < -0.4 is 4.74 Å². The van der Waals surface area contributed by atoms with Gasteiger partial charge < -0.3 is 14.5 Å². The van der Waals surface area contributed by atoms with Gasteiger partial charge in [0.1, 0.15) is 5.75 Å². The zero-order chi connectivity index (χ0) is 16.7. The first-order valence-corrected chi connectivity index (χ1v) is 8.85. The van der Waals surface area contributed by atoms with Crippen LogP contribution in [0.1, 0.15) is 29.5 Å². The summed E-state index contributed by atoms with van der Waals surface area (Å²) in [5, 5.41) is 0. The van der Waals surface area contributed by atoms with Gasteiger partial charge in [-0.2, -0.15) is 0 Å². The molecule has 0 atom stereocenters. The lowest BCUT2D eigenvalue weighted by Gasteiger charge is -2.32. The van der Waals surface area contributed by atoms with Crippen LogP contribution in [-0.2, 0) is 6.42 Å². The number of aryl methyl sites for hydroxylation is 2. The smallest absolute Gasteiger partial charge is 0.125 e. The summed E-state index contributed by atoms with van der Waals surface area (Å²) in [7, 11) is 2.20. The van der Waals surface area contributed by atoms with E-state index >= 15 is 0 Å². The highest BCUT2D eigenvalue weighted by Crippen LogP contribution is 2.26. The van der Waals surface area contributed by atoms with Gasteiger partial charge in [0.05, 0.1) is 6.61 Å². The van der Waals surface area contributed by atoms with Crippen molar-refractivity contribution in [1.82, 2.24) is 9.80 Å². The Morgan fingerprint density at radius 3 is 2.57 bits per heavy atom. The second-order valence-electron chi connectivity index (χ2n) is 6.76. The SMILES string of the molecule is C=CCc1cc(C)cc(C)c1OCCCCN1CCN(C)CC1. The molecule has 23 heavy (non-hydrogen) atoms. The van der Waals surface area contributed by atoms with Crippen LogP contribution in [0, 0.1) is 13.8 Å². The summed E-state index contributed by atoms with van der Waals surface area (Å²) in [6.07, 6.45) is 5.16. The molecule has 0 saturated carbocycles. The van der Waals surface area contributed by atoms with Crippen LogP contribution in [0.3, 0.4) is 0 Å². The topological polar surface area (TPSA) is 15.7 Å². The number of ether oxygens (including phenoxy) is 1. The van der Waals surface area contributed by atoms with Crippen LogP contribution in [0.15, 0.2) is 24.8 Å². The fourth-order valence-electron chi connectivity index (χ4n) is 3.24. The third kappa shape index (κ3) is 5.67. The second-order valence-corrected chi connectivity index (χ2v) is 6.76. The van der Waals surface area contributed by atoms with E-state index in [1.54, 1.807) is 0 Å². The summed E-state index contributed by atoms with van der Waals surface area (Å²) in [5.41, 5.74) is 3.79. The lowest BCUT2D eigenvalue weighted by atomic mass is 10.0. The molecule has 0 bridgehead atoms. The predicted molar refractivity (Wildman–Crippen MR) is 98.5 cm³/mol. The van der Waals surface area contributed by atoms with Gasteiger partial charge in [-0.15, -0.1) is 6.58 Å². The number of nitrogens with zero attached hydrogens (tertiary/aromatic N) is 2. The first-order chi connectivity index (χ1) is 11.1. The minimum absolute atomic E-state index is 0.807. The van der Waals surface area contributed by atoms with E-state index < -0.39 is 0 Å². The van der Waals surface area contributed by atoms with E-state index in [4.69, 9.17) is 4.74 Å². The van der Waals surface area contributed by atoms with E-state index in [1.165, 1.54) is 55.8 Å². The maximum atomic E-state index is 6.11. The molecule has 0 spiro atoms. The Morgan fingerprint density at radius 1 is 1.13 bits per heavy atom. The van der Waals surface area contributed by atoms with E-state index in [1.807, 2.05) is 6.08 Å². The van der Waals surface area contributed by atoms with Gasteiger partial charge in [0.25, 0.3) is 0 Å². The molecule has 0 aromatic heterocycles. The molecule has 0 unspecified atom stereocenters. The van der Waals surface area contributed by atoms with Crippen molar-refractivity contribution in [2.45, 2.75) is 33.1 Å². The molecule has 2 rings (SSSR count). The van der Waals surface area contributed by atoms with Crippen molar-refractivity contribution in [1.29, 1.82) is 0 Å². The molecular weight excluding hydrogens is 284 g/mol. The molecule has 0 radical (unpaired) electrons. The number of unbranched alkanes of at least 4 members (excludes halogenated alkanes) is 1. The van der Waals surface area contributed by atoms with Gasteiger partial charge in [0.15, 0.2) is 0 Å². The largest absolute Gasteiger partial charge is 0.493 e.